The van der Waals surface area contributed by atoms with E-state index in [1.807, 2.05) is 6.92 Å². The van der Waals surface area contributed by atoms with Crippen molar-refractivity contribution in [1.29, 1.82) is 0 Å². The molecule has 0 aliphatic heterocycles. The van der Waals surface area contributed by atoms with Gasteiger partial charge in [0.25, 0.3) is 10.1 Å². The molecular formula is C13H11FO3S. The van der Waals surface area contributed by atoms with Gasteiger partial charge in [-0.05, 0) is 47.9 Å². The van der Waals surface area contributed by atoms with Crippen LogP contribution in [0.25, 0.3) is 11.1 Å². The molecule has 0 amide bonds. The van der Waals surface area contributed by atoms with E-state index in [9.17, 15) is 12.8 Å². The van der Waals surface area contributed by atoms with Crippen molar-refractivity contribution in [2.24, 2.45) is 0 Å². The predicted octanol–water partition coefficient (Wildman–Crippen LogP) is 3.05. The van der Waals surface area contributed by atoms with Crippen LogP contribution in [-0.2, 0) is 10.1 Å². The zero-order valence-corrected chi connectivity index (χ0v) is 10.4. The maximum Gasteiger partial charge on any atom is 0.294 e. The Bertz CT molecular complexity index is 676. The lowest BCUT2D eigenvalue weighted by Crippen LogP contribution is -1.98. The maximum absolute atomic E-state index is 12.8. The summed E-state index contributed by atoms with van der Waals surface area (Å²) in [5.74, 6) is -0.359. The van der Waals surface area contributed by atoms with Crippen LogP contribution >= 0.6 is 0 Å². The summed E-state index contributed by atoms with van der Waals surface area (Å²) in [6.45, 7) is 1.81. The van der Waals surface area contributed by atoms with Gasteiger partial charge in [-0.15, -0.1) is 0 Å². The molecule has 0 saturated heterocycles. The molecular weight excluding hydrogens is 255 g/mol. The van der Waals surface area contributed by atoms with Crippen LogP contribution in [-0.4, -0.2) is 13.0 Å². The molecule has 0 heterocycles. The second-order valence-electron chi connectivity index (χ2n) is 3.96. The van der Waals surface area contributed by atoms with Crippen molar-refractivity contribution >= 4 is 10.1 Å². The fourth-order valence-corrected chi connectivity index (χ4v) is 2.21. The highest BCUT2D eigenvalue weighted by atomic mass is 32.2. The monoisotopic (exact) mass is 266 g/mol. The second-order valence-corrected chi connectivity index (χ2v) is 5.38. The molecule has 0 aromatic heterocycles. The van der Waals surface area contributed by atoms with Crippen LogP contribution in [0.4, 0.5) is 4.39 Å². The first-order chi connectivity index (χ1) is 8.38. The third-order valence-corrected chi connectivity index (χ3v) is 3.51. The number of hydrogen-bond acceptors (Lipinski definition) is 2. The molecule has 0 aliphatic carbocycles. The van der Waals surface area contributed by atoms with Crippen LogP contribution in [0.1, 0.15) is 5.56 Å². The van der Waals surface area contributed by atoms with Crippen molar-refractivity contribution < 1.29 is 17.4 Å². The van der Waals surface area contributed by atoms with Gasteiger partial charge >= 0.3 is 0 Å². The first-order valence-electron chi connectivity index (χ1n) is 5.22. The molecule has 0 unspecified atom stereocenters. The van der Waals surface area contributed by atoms with Crippen LogP contribution in [0.5, 0.6) is 0 Å². The van der Waals surface area contributed by atoms with E-state index in [1.165, 1.54) is 24.3 Å². The molecule has 0 fully saturated rings. The number of benzene rings is 2. The molecule has 1 N–H and O–H groups in total. The van der Waals surface area contributed by atoms with Gasteiger partial charge in [0.05, 0.1) is 4.90 Å². The molecule has 0 aliphatic rings. The van der Waals surface area contributed by atoms with Crippen molar-refractivity contribution in [3.63, 3.8) is 0 Å². The average Bonchev–Trinajstić information content (AvgIpc) is 2.29. The minimum atomic E-state index is -4.23. The highest BCUT2D eigenvalue weighted by molar-refractivity contribution is 7.85. The van der Waals surface area contributed by atoms with Gasteiger partial charge in [-0.25, -0.2) is 4.39 Å². The topological polar surface area (TPSA) is 54.4 Å². The van der Waals surface area contributed by atoms with E-state index < -0.39 is 10.1 Å². The van der Waals surface area contributed by atoms with Gasteiger partial charge < -0.3 is 0 Å². The molecule has 94 valence electrons. The molecule has 18 heavy (non-hydrogen) atoms. The first-order valence-corrected chi connectivity index (χ1v) is 6.66. The molecule has 0 saturated carbocycles. The van der Waals surface area contributed by atoms with Crippen LogP contribution in [0.2, 0.25) is 0 Å². The minimum Gasteiger partial charge on any atom is -0.282 e. The zero-order chi connectivity index (χ0) is 13.3. The van der Waals surface area contributed by atoms with Crippen LogP contribution < -0.4 is 0 Å². The fourth-order valence-electron chi connectivity index (χ4n) is 1.70. The summed E-state index contributed by atoms with van der Waals surface area (Å²) in [4.78, 5) is -0.174. The molecule has 0 atom stereocenters. The smallest absolute Gasteiger partial charge is 0.282 e. The lowest BCUT2D eigenvalue weighted by molar-refractivity contribution is 0.483. The van der Waals surface area contributed by atoms with Crippen molar-refractivity contribution in [3.8, 4) is 11.1 Å². The van der Waals surface area contributed by atoms with Gasteiger partial charge in [0.15, 0.2) is 0 Å². The SMILES string of the molecule is Cc1ccc(S(=O)(=O)O)cc1-c1ccc(F)cc1. The second kappa shape index (κ2) is 4.51. The Balaban J connectivity index is 2.60. The average molecular weight is 266 g/mol. The Morgan fingerprint density at radius 2 is 1.67 bits per heavy atom. The van der Waals surface area contributed by atoms with Gasteiger partial charge in [0, 0.05) is 0 Å². The number of aryl methyl sites for hydroxylation is 1. The fraction of sp³-hybridized carbons (Fsp3) is 0.0769. The predicted molar refractivity (Wildman–Crippen MR) is 66.4 cm³/mol. The van der Waals surface area contributed by atoms with Gasteiger partial charge in [0.1, 0.15) is 5.82 Å². The van der Waals surface area contributed by atoms with Crippen molar-refractivity contribution in [2.45, 2.75) is 11.8 Å². The number of rotatable bonds is 2. The lowest BCUT2D eigenvalue weighted by atomic mass is 10.0. The van der Waals surface area contributed by atoms with Gasteiger partial charge in [-0.2, -0.15) is 8.42 Å². The van der Waals surface area contributed by atoms with Gasteiger partial charge in [-0.1, -0.05) is 18.2 Å². The van der Waals surface area contributed by atoms with E-state index in [1.54, 1.807) is 18.2 Å². The molecule has 2 aromatic carbocycles. The Kier molecular flexibility index (Phi) is 3.19. The third kappa shape index (κ3) is 2.57. The van der Waals surface area contributed by atoms with Crippen molar-refractivity contribution in [2.75, 3.05) is 0 Å². The van der Waals surface area contributed by atoms with Crippen LogP contribution in [0, 0.1) is 12.7 Å². The van der Waals surface area contributed by atoms with E-state index in [4.69, 9.17) is 4.55 Å². The lowest BCUT2D eigenvalue weighted by Gasteiger charge is -2.07. The molecule has 5 heteroatoms. The first kappa shape index (κ1) is 12.7. The summed E-state index contributed by atoms with van der Waals surface area (Å²) in [7, 11) is -4.23. The Morgan fingerprint density at radius 3 is 2.22 bits per heavy atom. The van der Waals surface area contributed by atoms with Gasteiger partial charge in [0.2, 0.25) is 0 Å². The van der Waals surface area contributed by atoms with E-state index in [0.717, 1.165) is 5.56 Å². The van der Waals surface area contributed by atoms with Crippen molar-refractivity contribution in [1.82, 2.24) is 0 Å². The number of hydrogen-bond donors (Lipinski definition) is 1. The quantitative estimate of drug-likeness (QED) is 0.850. The zero-order valence-electron chi connectivity index (χ0n) is 9.59. The normalized spacial score (nSPS) is 11.5. The summed E-state index contributed by atoms with van der Waals surface area (Å²) in [6, 6.07) is 10.0. The van der Waals surface area contributed by atoms with Crippen LogP contribution in [0.3, 0.4) is 0 Å². The van der Waals surface area contributed by atoms with E-state index in [0.29, 0.717) is 11.1 Å². The highest BCUT2D eigenvalue weighted by Gasteiger charge is 2.12. The van der Waals surface area contributed by atoms with Crippen LogP contribution in [0.15, 0.2) is 47.4 Å². The molecule has 0 bridgehead atoms. The standard InChI is InChI=1S/C13H11FO3S/c1-9-2-7-12(18(15,16)17)8-13(9)10-3-5-11(14)6-4-10/h2-8H,1H3,(H,15,16,17). The summed E-state index contributed by atoms with van der Waals surface area (Å²) < 4.78 is 44.0. The molecule has 3 nitrogen and oxygen atoms in total. The molecule has 2 rings (SSSR count). The molecule has 0 radical (unpaired) electrons. The molecule has 0 spiro atoms. The molecule has 2 aromatic rings. The summed E-state index contributed by atoms with van der Waals surface area (Å²) >= 11 is 0. The highest BCUT2D eigenvalue weighted by Crippen LogP contribution is 2.26. The largest absolute Gasteiger partial charge is 0.294 e. The maximum atomic E-state index is 12.8. The van der Waals surface area contributed by atoms with Crippen molar-refractivity contribution in [3.05, 3.63) is 53.8 Å². The Labute approximate surface area is 105 Å². The van der Waals surface area contributed by atoms with E-state index in [2.05, 4.69) is 0 Å². The van der Waals surface area contributed by atoms with E-state index >= 15 is 0 Å². The summed E-state index contributed by atoms with van der Waals surface area (Å²) in [5, 5.41) is 0. The minimum absolute atomic E-state index is 0.174. The number of halogens is 1. The van der Waals surface area contributed by atoms with E-state index in [-0.39, 0.29) is 10.7 Å². The Hall–Kier alpha value is -1.72. The summed E-state index contributed by atoms with van der Waals surface area (Å²) in [5.41, 5.74) is 2.18. The Morgan fingerprint density at radius 1 is 1.06 bits per heavy atom. The summed E-state index contributed by atoms with van der Waals surface area (Å²) in [6.07, 6.45) is 0. The van der Waals surface area contributed by atoms with Gasteiger partial charge in [-0.3, -0.25) is 4.55 Å². The third-order valence-electron chi connectivity index (χ3n) is 2.66.